The van der Waals surface area contributed by atoms with Gasteiger partial charge in [0, 0.05) is 6.54 Å². The van der Waals surface area contributed by atoms with Gasteiger partial charge >= 0.3 is 0 Å². The molecule has 3 aromatic rings. The number of hydrogen-bond donors (Lipinski definition) is 3. The Morgan fingerprint density at radius 3 is 2.55 bits per heavy atom. The molecule has 6 heteroatoms. The first kappa shape index (κ1) is 14.2. The van der Waals surface area contributed by atoms with E-state index in [0.717, 1.165) is 29.7 Å². The number of rotatable bonds is 5. The maximum Gasteiger partial charge on any atom is 0.166 e. The minimum absolute atomic E-state index is 0.0710. The van der Waals surface area contributed by atoms with Gasteiger partial charge in [-0.1, -0.05) is 24.3 Å². The molecular formula is C16H17N5O. The molecule has 6 nitrogen and oxygen atoms in total. The van der Waals surface area contributed by atoms with Crippen LogP contribution in [0, 0.1) is 0 Å². The largest absolute Gasteiger partial charge is 0.392 e. The lowest BCUT2D eigenvalue weighted by atomic mass is 10.1. The van der Waals surface area contributed by atoms with Gasteiger partial charge in [-0.15, -0.1) is 0 Å². The summed E-state index contributed by atoms with van der Waals surface area (Å²) in [4.78, 5) is 12.6. The molecule has 0 unspecified atom stereocenters. The summed E-state index contributed by atoms with van der Waals surface area (Å²) in [5.41, 5.74) is 8.37. The van der Waals surface area contributed by atoms with Gasteiger partial charge in [-0.3, -0.25) is 0 Å². The fraction of sp³-hybridized carbons (Fsp3) is 0.188. The van der Waals surface area contributed by atoms with Crippen LogP contribution in [0.4, 0.5) is 11.6 Å². The van der Waals surface area contributed by atoms with Gasteiger partial charge in [-0.25, -0.2) is 15.0 Å². The van der Waals surface area contributed by atoms with Crippen molar-refractivity contribution in [2.75, 3.05) is 17.6 Å². The zero-order valence-corrected chi connectivity index (χ0v) is 12.0. The van der Waals surface area contributed by atoms with E-state index in [1.54, 1.807) is 6.07 Å². The van der Waals surface area contributed by atoms with Crippen molar-refractivity contribution < 1.29 is 5.11 Å². The topological polar surface area (TPSA) is 97.0 Å². The molecule has 1 aromatic carbocycles. The first-order valence-electron chi connectivity index (χ1n) is 7.06. The van der Waals surface area contributed by atoms with Gasteiger partial charge < -0.3 is 16.2 Å². The number of aliphatic hydroxyl groups is 1. The molecule has 3 rings (SSSR count). The van der Waals surface area contributed by atoms with E-state index in [0.29, 0.717) is 11.5 Å². The molecule has 0 spiro atoms. The molecule has 0 fully saturated rings. The second-order valence-electron chi connectivity index (χ2n) is 4.98. The Labute approximate surface area is 128 Å². The van der Waals surface area contributed by atoms with Crippen molar-refractivity contribution in [1.29, 1.82) is 0 Å². The third kappa shape index (κ3) is 3.12. The highest BCUT2D eigenvalue weighted by molar-refractivity contribution is 5.86. The molecule has 0 aliphatic heterocycles. The van der Waals surface area contributed by atoms with E-state index >= 15 is 0 Å². The van der Waals surface area contributed by atoms with E-state index < -0.39 is 0 Å². The van der Waals surface area contributed by atoms with Crippen molar-refractivity contribution in [2.24, 2.45) is 0 Å². The highest BCUT2D eigenvalue weighted by Crippen LogP contribution is 2.18. The number of benzene rings is 1. The number of nitrogens with one attached hydrogen (secondary N) is 1. The Bertz CT molecular complexity index is 773. The van der Waals surface area contributed by atoms with Crippen LogP contribution in [0.1, 0.15) is 11.1 Å². The number of nitrogen functional groups attached to an aromatic ring is 1. The molecule has 0 aliphatic rings. The zero-order chi connectivity index (χ0) is 15.4. The van der Waals surface area contributed by atoms with Crippen LogP contribution in [0.15, 0.2) is 42.7 Å². The summed E-state index contributed by atoms with van der Waals surface area (Å²) in [5.74, 6) is 1.20. The van der Waals surface area contributed by atoms with Crippen LogP contribution in [-0.4, -0.2) is 26.6 Å². The fourth-order valence-electron chi connectivity index (χ4n) is 2.23. The number of nitrogens with zero attached hydrogens (tertiary/aromatic N) is 3. The van der Waals surface area contributed by atoms with Gasteiger partial charge in [0.1, 0.15) is 18.0 Å². The monoisotopic (exact) mass is 295 g/mol. The highest BCUT2D eigenvalue weighted by Gasteiger charge is 2.04. The first-order valence-corrected chi connectivity index (χ1v) is 7.06. The van der Waals surface area contributed by atoms with Gasteiger partial charge in [0.2, 0.25) is 0 Å². The number of anilines is 2. The normalized spacial score (nSPS) is 10.8. The smallest absolute Gasteiger partial charge is 0.166 e. The van der Waals surface area contributed by atoms with E-state index in [1.165, 1.54) is 11.9 Å². The van der Waals surface area contributed by atoms with Gasteiger partial charge in [-0.2, -0.15) is 0 Å². The molecule has 0 saturated carbocycles. The van der Waals surface area contributed by atoms with Gasteiger partial charge in [-0.05, 0) is 29.7 Å². The van der Waals surface area contributed by atoms with Crippen molar-refractivity contribution in [3.8, 4) is 0 Å². The molecule has 4 N–H and O–H groups in total. The van der Waals surface area contributed by atoms with Crippen LogP contribution >= 0.6 is 0 Å². The Morgan fingerprint density at radius 2 is 1.77 bits per heavy atom. The summed E-state index contributed by atoms with van der Waals surface area (Å²) in [6, 6.07) is 11.5. The molecule has 0 saturated heterocycles. The summed E-state index contributed by atoms with van der Waals surface area (Å²) >= 11 is 0. The number of aromatic nitrogens is 3. The number of pyridine rings is 1. The number of fused-ring (bicyclic) bond motifs is 1. The molecule has 2 aromatic heterocycles. The summed E-state index contributed by atoms with van der Waals surface area (Å²) < 4.78 is 0. The Hall–Kier alpha value is -2.73. The van der Waals surface area contributed by atoms with E-state index in [1.807, 2.05) is 30.3 Å². The van der Waals surface area contributed by atoms with Crippen molar-refractivity contribution in [3.05, 3.63) is 53.9 Å². The third-order valence-electron chi connectivity index (χ3n) is 3.43. The van der Waals surface area contributed by atoms with Crippen molar-refractivity contribution >= 4 is 22.7 Å². The van der Waals surface area contributed by atoms with Gasteiger partial charge in [0.25, 0.3) is 0 Å². The van der Waals surface area contributed by atoms with Crippen LogP contribution < -0.4 is 11.1 Å². The van der Waals surface area contributed by atoms with Crippen molar-refractivity contribution in [3.63, 3.8) is 0 Å². The van der Waals surface area contributed by atoms with Crippen molar-refractivity contribution in [2.45, 2.75) is 13.0 Å². The Balaban J connectivity index is 1.68. The second kappa shape index (κ2) is 6.36. The molecule has 0 bridgehead atoms. The minimum Gasteiger partial charge on any atom is -0.392 e. The Morgan fingerprint density at radius 1 is 1.00 bits per heavy atom. The molecule has 0 atom stereocenters. The third-order valence-corrected chi connectivity index (χ3v) is 3.43. The summed E-state index contributed by atoms with van der Waals surface area (Å²) in [6.07, 6.45) is 2.34. The van der Waals surface area contributed by atoms with Gasteiger partial charge in [0.15, 0.2) is 5.65 Å². The quantitative estimate of drug-likeness (QED) is 0.663. The highest BCUT2D eigenvalue weighted by atomic mass is 16.3. The van der Waals surface area contributed by atoms with Crippen LogP contribution in [0.2, 0.25) is 0 Å². The first-order chi connectivity index (χ1) is 10.8. The SMILES string of the molecule is Nc1ccc2c(NCCc3ccc(CO)cc3)ncnc2n1. The average molecular weight is 295 g/mol. The standard InChI is InChI=1S/C16H17N5O/c17-14-6-5-13-15(19-10-20-16(13)21-14)18-8-7-11-1-3-12(9-22)4-2-11/h1-6,10,22H,7-9H2,(H3,17,18,19,20,21). The molecule has 112 valence electrons. The molecular weight excluding hydrogens is 278 g/mol. The number of hydrogen-bond acceptors (Lipinski definition) is 6. The summed E-state index contributed by atoms with van der Waals surface area (Å²) in [5, 5.41) is 13.2. The Kier molecular flexibility index (Phi) is 4.11. The van der Waals surface area contributed by atoms with E-state index in [4.69, 9.17) is 10.8 Å². The molecule has 22 heavy (non-hydrogen) atoms. The fourth-order valence-corrected chi connectivity index (χ4v) is 2.23. The summed E-state index contributed by atoms with van der Waals surface area (Å²) in [6.45, 7) is 0.816. The molecule has 2 heterocycles. The van der Waals surface area contributed by atoms with E-state index in [9.17, 15) is 0 Å². The second-order valence-corrected chi connectivity index (χ2v) is 4.98. The minimum atomic E-state index is 0.0710. The lowest BCUT2D eigenvalue weighted by molar-refractivity contribution is 0.282. The van der Waals surface area contributed by atoms with Crippen molar-refractivity contribution in [1.82, 2.24) is 15.0 Å². The predicted octanol–water partition coefficient (Wildman–Crippen LogP) is 1.75. The summed E-state index contributed by atoms with van der Waals surface area (Å²) in [7, 11) is 0. The molecule has 0 amide bonds. The van der Waals surface area contributed by atoms with Crippen LogP contribution in [0.3, 0.4) is 0 Å². The molecule has 0 aliphatic carbocycles. The van der Waals surface area contributed by atoms with Crippen LogP contribution in [-0.2, 0) is 13.0 Å². The lowest BCUT2D eigenvalue weighted by Crippen LogP contribution is -2.07. The molecule has 0 radical (unpaired) electrons. The predicted molar refractivity (Wildman–Crippen MR) is 86.3 cm³/mol. The van der Waals surface area contributed by atoms with E-state index in [-0.39, 0.29) is 6.61 Å². The van der Waals surface area contributed by atoms with Crippen LogP contribution in [0.5, 0.6) is 0 Å². The van der Waals surface area contributed by atoms with E-state index in [2.05, 4.69) is 20.3 Å². The zero-order valence-electron chi connectivity index (χ0n) is 12.0. The number of aliphatic hydroxyl groups excluding tert-OH is 1. The number of nitrogens with two attached hydrogens (primary N) is 1. The maximum atomic E-state index is 9.03. The lowest BCUT2D eigenvalue weighted by Gasteiger charge is -2.08. The maximum absolute atomic E-state index is 9.03. The van der Waals surface area contributed by atoms with Crippen LogP contribution in [0.25, 0.3) is 11.0 Å². The van der Waals surface area contributed by atoms with Gasteiger partial charge in [0.05, 0.1) is 12.0 Å². The average Bonchev–Trinajstić information content (AvgIpc) is 2.55.